The van der Waals surface area contributed by atoms with E-state index in [1.807, 2.05) is 38.1 Å². The Balaban J connectivity index is 2.18. The molecule has 0 atom stereocenters. The van der Waals surface area contributed by atoms with E-state index in [2.05, 4.69) is 10.3 Å². The SMILES string of the molecule is COc1ccc(CNc2c(Cl)c(C)nc(C)c2Cl)cc1. The van der Waals surface area contributed by atoms with Crippen LogP contribution in [0.3, 0.4) is 0 Å². The maximum atomic E-state index is 6.25. The highest BCUT2D eigenvalue weighted by Crippen LogP contribution is 2.34. The molecule has 3 nitrogen and oxygen atoms in total. The van der Waals surface area contributed by atoms with E-state index >= 15 is 0 Å². The van der Waals surface area contributed by atoms with Gasteiger partial charge in [-0.3, -0.25) is 4.98 Å². The number of aryl methyl sites for hydroxylation is 2. The van der Waals surface area contributed by atoms with Crippen LogP contribution in [0, 0.1) is 13.8 Å². The lowest BCUT2D eigenvalue weighted by molar-refractivity contribution is 0.414. The summed E-state index contributed by atoms with van der Waals surface area (Å²) in [6.07, 6.45) is 0. The second-order valence-corrected chi connectivity index (χ2v) is 5.24. The maximum absolute atomic E-state index is 6.25. The Hall–Kier alpha value is -1.45. The first-order valence-electron chi connectivity index (χ1n) is 6.22. The molecule has 0 aliphatic rings. The summed E-state index contributed by atoms with van der Waals surface area (Å²) in [6, 6.07) is 7.83. The van der Waals surface area contributed by atoms with E-state index in [0.717, 1.165) is 28.4 Å². The highest BCUT2D eigenvalue weighted by atomic mass is 35.5. The quantitative estimate of drug-likeness (QED) is 0.894. The van der Waals surface area contributed by atoms with Crippen LogP contribution in [0.1, 0.15) is 17.0 Å². The number of hydrogen-bond acceptors (Lipinski definition) is 3. The number of nitrogens with zero attached hydrogens (tertiary/aromatic N) is 1. The van der Waals surface area contributed by atoms with Crippen LogP contribution in [0.5, 0.6) is 5.75 Å². The molecule has 1 N–H and O–H groups in total. The molecule has 0 aliphatic heterocycles. The number of halogens is 2. The van der Waals surface area contributed by atoms with Crippen molar-refractivity contribution in [1.29, 1.82) is 0 Å². The normalized spacial score (nSPS) is 10.4. The van der Waals surface area contributed by atoms with Crippen LogP contribution in [-0.4, -0.2) is 12.1 Å². The zero-order chi connectivity index (χ0) is 14.7. The van der Waals surface area contributed by atoms with Gasteiger partial charge in [-0.1, -0.05) is 35.3 Å². The smallest absolute Gasteiger partial charge is 0.118 e. The Morgan fingerprint density at radius 1 is 1.05 bits per heavy atom. The van der Waals surface area contributed by atoms with Gasteiger partial charge in [0.2, 0.25) is 0 Å². The van der Waals surface area contributed by atoms with Crippen LogP contribution in [0.25, 0.3) is 0 Å². The summed E-state index contributed by atoms with van der Waals surface area (Å²) < 4.78 is 5.13. The molecule has 0 saturated heterocycles. The van der Waals surface area contributed by atoms with Gasteiger partial charge in [-0.2, -0.15) is 0 Å². The van der Waals surface area contributed by atoms with Crippen LogP contribution < -0.4 is 10.1 Å². The molecule has 0 aliphatic carbocycles. The summed E-state index contributed by atoms with van der Waals surface area (Å²) >= 11 is 12.5. The molecule has 1 aromatic carbocycles. The van der Waals surface area contributed by atoms with Gasteiger partial charge < -0.3 is 10.1 Å². The Labute approximate surface area is 128 Å². The Kier molecular flexibility index (Phi) is 4.73. The van der Waals surface area contributed by atoms with Crippen LogP contribution in [0.4, 0.5) is 5.69 Å². The van der Waals surface area contributed by atoms with Crippen LogP contribution in [0.2, 0.25) is 10.0 Å². The number of anilines is 1. The maximum Gasteiger partial charge on any atom is 0.118 e. The molecule has 0 unspecified atom stereocenters. The average Bonchev–Trinajstić information content (AvgIpc) is 2.46. The second-order valence-electron chi connectivity index (χ2n) is 4.49. The van der Waals surface area contributed by atoms with E-state index in [0.29, 0.717) is 16.6 Å². The molecule has 0 fully saturated rings. The van der Waals surface area contributed by atoms with Crippen LogP contribution >= 0.6 is 23.2 Å². The predicted octanol–water partition coefficient (Wildman–Crippen LogP) is 4.63. The number of rotatable bonds is 4. The molecule has 2 aromatic rings. The summed E-state index contributed by atoms with van der Waals surface area (Å²) in [5, 5.41) is 4.40. The molecule has 106 valence electrons. The topological polar surface area (TPSA) is 34.1 Å². The summed E-state index contributed by atoms with van der Waals surface area (Å²) in [5.74, 6) is 0.834. The molecule has 0 saturated carbocycles. The van der Waals surface area contributed by atoms with Crippen molar-refractivity contribution in [3.8, 4) is 5.75 Å². The number of methoxy groups -OCH3 is 1. The second kappa shape index (κ2) is 6.33. The van der Waals surface area contributed by atoms with E-state index in [-0.39, 0.29) is 0 Å². The van der Waals surface area contributed by atoms with Crippen LogP contribution in [0.15, 0.2) is 24.3 Å². The standard InChI is InChI=1S/C15H16Cl2N2O/c1-9-13(16)15(14(17)10(2)19-9)18-8-11-4-6-12(20-3)7-5-11/h4-7H,8H2,1-3H3,(H,18,19). The number of aromatic nitrogens is 1. The number of benzene rings is 1. The minimum Gasteiger partial charge on any atom is -0.497 e. The molecule has 2 rings (SSSR count). The van der Waals surface area contributed by atoms with Gasteiger partial charge in [-0.25, -0.2) is 0 Å². The molecule has 0 radical (unpaired) electrons. The van der Waals surface area contributed by atoms with Crippen molar-refractivity contribution in [2.45, 2.75) is 20.4 Å². The first kappa shape index (κ1) is 14.9. The van der Waals surface area contributed by atoms with Gasteiger partial charge in [-0.15, -0.1) is 0 Å². The lowest BCUT2D eigenvalue weighted by Gasteiger charge is -2.14. The van der Waals surface area contributed by atoms with Crippen molar-refractivity contribution in [1.82, 2.24) is 4.98 Å². The highest BCUT2D eigenvalue weighted by Gasteiger charge is 2.12. The Morgan fingerprint density at radius 3 is 2.10 bits per heavy atom. The predicted molar refractivity (Wildman–Crippen MR) is 84.1 cm³/mol. The Morgan fingerprint density at radius 2 is 1.60 bits per heavy atom. The molecule has 1 heterocycles. The van der Waals surface area contributed by atoms with Gasteiger partial charge in [0.25, 0.3) is 0 Å². The third-order valence-electron chi connectivity index (χ3n) is 3.04. The summed E-state index contributed by atoms with van der Waals surface area (Å²) in [7, 11) is 1.65. The molecule has 1 aromatic heterocycles. The van der Waals surface area contributed by atoms with Gasteiger partial charge in [0.05, 0.1) is 34.2 Å². The number of ether oxygens (including phenoxy) is 1. The minimum atomic E-state index is 0.564. The van der Waals surface area contributed by atoms with Gasteiger partial charge in [0, 0.05) is 6.54 Å². The summed E-state index contributed by atoms with van der Waals surface area (Å²) in [6.45, 7) is 4.36. The van der Waals surface area contributed by atoms with E-state index in [9.17, 15) is 0 Å². The van der Waals surface area contributed by atoms with Crippen molar-refractivity contribution >= 4 is 28.9 Å². The van der Waals surface area contributed by atoms with E-state index in [1.54, 1.807) is 7.11 Å². The fourth-order valence-electron chi connectivity index (χ4n) is 1.90. The zero-order valence-electron chi connectivity index (χ0n) is 11.6. The van der Waals surface area contributed by atoms with Crippen LogP contribution in [-0.2, 0) is 6.54 Å². The van der Waals surface area contributed by atoms with Crippen molar-refractivity contribution in [2.75, 3.05) is 12.4 Å². The molecular formula is C15H16Cl2N2O. The van der Waals surface area contributed by atoms with Crippen molar-refractivity contribution in [2.24, 2.45) is 0 Å². The summed E-state index contributed by atoms with van der Waals surface area (Å²) in [4.78, 5) is 4.29. The van der Waals surface area contributed by atoms with Crippen molar-refractivity contribution in [3.05, 3.63) is 51.3 Å². The van der Waals surface area contributed by atoms with Gasteiger partial charge in [0.15, 0.2) is 0 Å². The molecule has 0 spiro atoms. The zero-order valence-corrected chi connectivity index (χ0v) is 13.1. The lowest BCUT2D eigenvalue weighted by Crippen LogP contribution is -2.03. The molecule has 20 heavy (non-hydrogen) atoms. The lowest BCUT2D eigenvalue weighted by atomic mass is 10.2. The van der Waals surface area contributed by atoms with E-state index < -0.39 is 0 Å². The third-order valence-corrected chi connectivity index (χ3v) is 3.96. The first-order chi connectivity index (χ1) is 9.52. The monoisotopic (exact) mass is 310 g/mol. The average molecular weight is 311 g/mol. The van der Waals surface area contributed by atoms with Gasteiger partial charge >= 0.3 is 0 Å². The fourth-order valence-corrected chi connectivity index (χ4v) is 2.35. The third kappa shape index (κ3) is 3.17. The van der Waals surface area contributed by atoms with Crippen molar-refractivity contribution < 1.29 is 4.74 Å². The number of hydrogen-bond donors (Lipinski definition) is 1. The molecule has 0 bridgehead atoms. The largest absolute Gasteiger partial charge is 0.497 e. The van der Waals surface area contributed by atoms with E-state index in [1.165, 1.54) is 0 Å². The fraction of sp³-hybridized carbons (Fsp3) is 0.267. The number of pyridine rings is 1. The van der Waals surface area contributed by atoms with E-state index in [4.69, 9.17) is 27.9 Å². The van der Waals surface area contributed by atoms with Gasteiger partial charge in [0.1, 0.15) is 5.75 Å². The minimum absolute atomic E-state index is 0.564. The summed E-state index contributed by atoms with van der Waals surface area (Å²) in [5.41, 5.74) is 3.38. The van der Waals surface area contributed by atoms with Gasteiger partial charge in [-0.05, 0) is 31.5 Å². The first-order valence-corrected chi connectivity index (χ1v) is 6.97. The number of nitrogens with one attached hydrogen (secondary N) is 1. The molecular weight excluding hydrogens is 295 g/mol. The highest BCUT2D eigenvalue weighted by molar-refractivity contribution is 6.39. The Bertz CT molecular complexity index is 586. The van der Waals surface area contributed by atoms with Crippen molar-refractivity contribution in [3.63, 3.8) is 0 Å². The molecule has 0 amide bonds. The molecule has 5 heteroatoms.